The van der Waals surface area contributed by atoms with Gasteiger partial charge in [0.25, 0.3) is 5.69 Å². The highest BCUT2D eigenvalue weighted by Crippen LogP contribution is 2.29. The molecule has 0 saturated heterocycles. The number of benzene rings is 1. The summed E-state index contributed by atoms with van der Waals surface area (Å²) in [6.45, 7) is 0.411. The van der Waals surface area contributed by atoms with Crippen molar-refractivity contribution in [3.05, 3.63) is 52.6 Å². The highest BCUT2D eigenvalue weighted by atomic mass is 16.6. The van der Waals surface area contributed by atoms with E-state index in [1.807, 2.05) is 0 Å². The van der Waals surface area contributed by atoms with Crippen LogP contribution in [0.25, 0.3) is 0 Å². The molecule has 1 aromatic carbocycles. The molecular weight excluding hydrogens is 248 g/mol. The maximum Gasteiger partial charge on any atom is 0.296 e. The number of aromatic nitrogens is 2. The number of hydrogen-bond donors (Lipinski definition) is 1. The van der Waals surface area contributed by atoms with Crippen LogP contribution in [-0.4, -0.2) is 22.0 Å². The third-order valence-corrected chi connectivity index (χ3v) is 2.50. The molecule has 2 rings (SSSR count). The number of ether oxygens (including phenoxy) is 1. The van der Waals surface area contributed by atoms with E-state index in [1.54, 1.807) is 24.5 Å². The van der Waals surface area contributed by atoms with Crippen molar-refractivity contribution in [2.75, 3.05) is 12.4 Å². The lowest BCUT2D eigenvalue weighted by Crippen LogP contribution is -2.03. The van der Waals surface area contributed by atoms with Gasteiger partial charge in [0.1, 0.15) is 17.8 Å². The minimum atomic E-state index is -0.452. The van der Waals surface area contributed by atoms with Crippen molar-refractivity contribution in [1.82, 2.24) is 9.97 Å². The lowest BCUT2D eigenvalue weighted by Gasteiger charge is -2.08. The van der Waals surface area contributed by atoms with Crippen LogP contribution in [0, 0.1) is 10.1 Å². The third kappa shape index (κ3) is 3.15. The molecule has 0 unspecified atom stereocenters. The van der Waals surface area contributed by atoms with Gasteiger partial charge in [-0.25, -0.2) is 9.97 Å². The Bertz CT molecular complexity index is 574. The van der Waals surface area contributed by atoms with Crippen LogP contribution >= 0.6 is 0 Å². The topological polar surface area (TPSA) is 90.2 Å². The molecular formula is C12H12N4O3. The van der Waals surface area contributed by atoms with Gasteiger partial charge in [0.15, 0.2) is 0 Å². The van der Waals surface area contributed by atoms with E-state index >= 15 is 0 Å². The van der Waals surface area contributed by atoms with Crippen molar-refractivity contribution in [2.45, 2.75) is 6.54 Å². The van der Waals surface area contributed by atoms with Crippen LogP contribution in [0.1, 0.15) is 5.56 Å². The summed E-state index contributed by atoms with van der Waals surface area (Å²) in [5, 5.41) is 14.0. The quantitative estimate of drug-likeness (QED) is 0.653. The molecule has 0 aliphatic carbocycles. The second-order valence-corrected chi connectivity index (χ2v) is 3.74. The maximum atomic E-state index is 11.0. The Morgan fingerprint density at radius 3 is 2.74 bits per heavy atom. The van der Waals surface area contributed by atoms with Crippen molar-refractivity contribution in [3.63, 3.8) is 0 Å². The van der Waals surface area contributed by atoms with Crippen LogP contribution in [0.5, 0.6) is 5.75 Å². The second kappa shape index (κ2) is 5.76. The number of nitro groups is 1. The zero-order valence-corrected chi connectivity index (χ0v) is 10.2. The summed E-state index contributed by atoms with van der Waals surface area (Å²) in [6.07, 6.45) is 4.73. The van der Waals surface area contributed by atoms with Crippen molar-refractivity contribution < 1.29 is 9.66 Å². The molecule has 1 heterocycles. The summed E-state index contributed by atoms with van der Waals surface area (Å²) < 4.78 is 4.97. The van der Waals surface area contributed by atoms with Gasteiger partial charge in [-0.05, 0) is 12.1 Å². The minimum Gasteiger partial charge on any atom is -0.496 e. The van der Waals surface area contributed by atoms with E-state index < -0.39 is 4.92 Å². The predicted molar refractivity (Wildman–Crippen MR) is 69.0 cm³/mol. The fourth-order valence-corrected chi connectivity index (χ4v) is 1.56. The van der Waals surface area contributed by atoms with Crippen LogP contribution < -0.4 is 10.1 Å². The molecule has 0 aliphatic heterocycles. The van der Waals surface area contributed by atoms with Gasteiger partial charge < -0.3 is 10.1 Å². The van der Waals surface area contributed by atoms with Crippen LogP contribution in [0.15, 0.2) is 36.9 Å². The summed E-state index contributed by atoms with van der Waals surface area (Å²) in [6, 6.07) is 4.65. The lowest BCUT2D eigenvalue weighted by molar-refractivity contribution is -0.384. The van der Waals surface area contributed by atoms with E-state index in [1.165, 1.54) is 19.5 Å². The first-order valence-electron chi connectivity index (χ1n) is 5.51. The van der Waals surface area contributed by atoms with Crippen LogP contribution in [0.4, 0.5) is 11.4 Å². The monoisotopic (exact) mass is 260 g/mol. The molecule has 0 fully saturated rings. The third-order valence-electron chi connectivity index (χ3n) is 2.50. The Hall–Kier alpha value is -2.70. The van der Waals surface area contributed by atoms with Gasteiger partial charge in [0, 0.05) is 24.5 Å². The van der Waals surface area contributed by atoms with Crippen LogP contribution in [0.2, 0.25) is 0 Å². The Morgan fingerprint density at radius 2 is 2.11 bits per heavy atom. The van der Waals surface area contributed by atoms with E-state index in [4.69, 9.17) is 4.74 Å². The fraction of sp³-hybridized carbons (Fsp3) is 0.167. The van der Waals surface area contributed by atoms with Gasteiger partial charge in [-0.15, -0.1) is 0 Å². The molecule has 7 heteroatoms. The van der Waals surface area contributed by atoms with Gasteiger partial charge >= 0.3 is 0 Å². The summed E-state index contributed by atoms with van der Waals surface area (Å²) in [5.74, 6) is 0.445. The predicted octanol–water partition coefficient (Wildman–Crippen LogP) is 2.01. The smallest absolute Gasteiger partial charge is 0.296 e. The SMILES string of the molecule is COc1ccc(NCc2cncnc2)c([N+](=O)[O-])c1. The number of nitrogens with one attached hydrogen (secondary N) is 1. The van der Waals surface area contributed by atoms with E-state index in [2.05, 4.69) is 15.3 Å². The van der Waals surface area contributed by atoms with Crippen molar-refractivity contribution in [1.29, 1.82) is 0 Å². The molecule has 0 aliphatic rings. The van der Waals surface area contributed by atoms with Crippen molar-refractivity contribution >= 4 is 11.4 Å². The summed E-state index contributed by atoms with van der Waals surface area (Å²) in [4.78, 5) is 18.3. The maximum absolute atomic E-state index is 11.0. The van der Waals surface area contributed by atoms with Gasteiger partial charge in [-0.2, -0.15) is 0 Å². The molecule has 1 aromatic heterocycles. The average molecular weight is 260 g/mol. The Morgan fingerprint density at radius 1 is 1.37 bits per heavy atom. The molecule has 98 valence electrons. The van der Waals surface area contributed by atoms with Gasteiger partial charge in [0.05, 0.1) is 18.1 Å². The molecule has 0 bridgehead atoms. The normalized spacial score (nSPS) is 9.95. The second-order valence-electron chi connectivity index (χ2n) is 3.74. The Kier molecular flexibility index (Phi) is 3.87. The average Bonchev–Trinajstić information content (AvgIpc) is 2.46. The van der Waals surface area contributed by atoms with Crippen molar-refractivity contribution in [3.8, 4) is 5.75 Å². The number of methoxy groups -OCH3 is 1. The van der Waals surface area contributed by atoms with E-state index in [9.17, 15) is 10.1 Å². The van der Waals surface area contributed by atoms with Gasteiger partial charge in [0.2, 0.25) is 0 Å². The fourth-order valence-electron chi connectivity index (χ4n) is 1.56. The Labute approximate surface area is 109 Å². The molecule has 19 heavy (non-hydrogen) atoms. The summed E-state index contributed by atoms with van der Waals surface area (Å²) in [5.41, 5.74) is 1.23. The standard InChI is InChI=1S/C12H12N4O3/c1-19-10-2-3-11(12(4-10)16(17)18)15-7-9-5-13-8-14-6-9/h2-6,8,15H,7H2,1H3. The van der Waals surface area contributed by atoms with Gasteiger partial charge in [-0.1, -0.05) is 0 Å². The zero-order chi connectivity index (χ0) is 13.7. The minimum absolute atomic E-state index is 0.0313. The van der Waals surface area contributed by atoms with E-state index in [0.717, 1.165) is 5.56 Å². The number of anilines is 1. The van der Waals surface area contributed by atoms with Crippen LogP contribution in [-0.2, 0) is 6.54 Å². The first-order chi connectivity index (χ1) is 9.20. The summed E-state index contributed by atoms with van der Waals surface area (Å²) in [7, 11) is 1.47. The zero-order valence-electron chi connectivity index (χ0n) is 10.2. The largest absolute Gasteiger partial charge is 0.496 e. The first kappa shape index (κ1) is 12.7. The molecule has 0 amide bonds. The molecule has 0 saturated carbocycles. The molecule has 2 aromatic rings. The number of nitrogens with zero attached hydrogens (tertiary/aromatic N) is 3. The van der Waals surface area contributed by atoms with Gasteiger partial charge in [-0.3, -0.25) is 10.1 Å². The molecule has 0 atom stereocenters. The summed E-state index contributed by atoms with van der Waals surface area (Å²) >= 11 is 0. The first-order valence-corrected chi connectivity index (χ1v) is 5.51. The van der Waals surface area contributed by atoms with E-state index in [-0.39, 0.29) is 5.69 Å². The Balaban J connectivity index is 2.18. The lowest BCUT2D eigenvalue weighted by atomic mass is 10.2. The molecule has 1 N–H and O–H groups in total. The number of hydrogen-bond acceptors (Lipinski definition) is 6. The molecule has 0 radical (unpaired) electrons. The van der Waals surface area contributed by atoms with E-state index in [0.29, 0.717) is 18.0 Å². The molecule has 7 nitrogen and oxygen atoms in total. The van der Waals surface area contributed by atoms with Crippen LogP contribution in [0.3, 0.4) is 0 Å². The number of nitro benzene ring substituents is 1. The highest BCUT2D eigenvalue weighted by Gasteiger charge is 2.14. The van der Waals surface area contributed by atoms with Crippen molar-refractivity contribution in [2.24, 2.45) is 0 Å². The number of rotatable bonds is 5. The molecule has 0 spiro atoms. The highest BCUT2D eigenvalue weighted by molar-refractivity contribution is 5.63.